The van der Waals surface area contributed by atoms with Crippen molar-refractivity contribution in [3.8, 4) is 0 Å². The van der Waals surface area contributed by atoms with Gasteiger partial charge in [-0.25, -0.2) is 0 Å². The van der Waals surface area contributed by atoms with Gasteiger partial charge in [0, 0.05) is 42.6 Å². The first-order chi connectivity index (χ1) is 10.2. The van der Waals surface area contributed by atoms with Crippen LogP contribution in [0.1, 0.15) is 28.8 Å². The molecule has 0 aliphatic carbocycles. The lowest BCUT2D eigenvalue weighted by atomic mass is 9.96. The smallest absolute Gasteiger partial charge is 0.251 e. The van der Waals surface area contributed by atoms with Crippen LogP contribution in [-0.4, -0.2) is 40.9 Å². The third-order valence-corrected chi connectivity index (χ3v) is 4.94. The van der Waals surface area contributed by atoms with Crippen LogP contribution in [0.4, 0.5) is 0 Å². The summed E-state index contributed by atoms with van der Waals surface area (Å²) in [5, 5.41) is 3.22. The Morgan fingerprint density at radius 3 is 3.00 bits per heavy atom. The Morgan fingerprint density at radius 1 is 1.29 bits per heavy atom. The third-order valence-electron chi connectivity index (χ3n) is 4.94. The normalized spacial score (nSPS) is 28.0. The lowest BCUT2D eigenvalue weighted by Gasteiger charge is -2.30. The number of piperidine rings is 1. The molecule has 4 nitrogen and oxygen atoms in total. The van der Waals surface area contributed by atoms with Gasteiger partial charge in [0.2, 0.25) is 0 Å². The molecule has 2 aliphatic rings. The van der Waals surface area contributed by atoms with Gasteiger partial charge in [0.05, 0.1) is 0 Å². The first kappa shape index (κ1) is 12.9. The monoisotopic (exact) mass is 283 g/mol. The minimum atomic E-state index is 0.0607. The third kappa shape index (κ3) is 2.33. The van der Waals surface area contributed by atoms with Crippen LogP contribution in [0.3, 0.4) is 0 Å². The van der Waals surface area contributed by atoms with Crippen molar-refractivity contribution in [2.24, 2.45) is 5.92 Å². The second-order valence-corrected chi connectivity index (χ2v) is 6.53. The lowest BCUT2D eigenvalue weighted by Crippen LogP contribution is -2.47. The fourth-order valence-electron chi connectivity index (χ4n) is 3.81. The molecule has 1 N–H and O–H groups in total. The number of nitrogens with one attached hydrogen (secondary N) is 1. The van der Waals surface area contributed by atoms with Crippen LogP contribution in [-0.2, 0) is 0 Å². The van der Waals surface area contributed by atoms with Crippen molar-refractivity contribution < 1.29 is 4.79 Å². The molecule has 2 fully saturated rings. The predicted octanol–water partition coefficient (Wildman–Crippen LogP) is 2.07. The Balaban J connectivity index is 1.52. The molecule has 4 heterocycles. The molecule has 2 aromatic rings. The van der Waals surface area contributed by atoms with Crippen LogP contribution in [0, 0.1) is 12.8 Å². The van der Waals surface area contributed by atoms with Crippen LogP contribution >= 0.6 is 0 Å². The highest BCUT2D eigenvalue weighted by Crippen LogP contribution is 2.26. The maximum atomic E-state index is 12.5. The number of amides is 1. The summed E-state index contributed by atoms with van der Waals surface area (Å²) in [5.41, 5.74) is 3.07. The molecule has 2 aliphatic heterocycles. The van der Waals surface area contributed by atoms with Crippen LogP contribution in [0.5, 0.6) is 0 Å². The lowest BCUT2D eigenvalue weighted by molar-refractivity contribution is 0.0909. The minimum Gasteiger partial charge on any atom is -0.348 e. The molecule has 0 aromatic carbocycles. The SMILES string of the molecule is Cc1ccn2ccc(C(=O)NC3CC4CCN(C4)C3)cc12. The van der Waals surface area contributed by atoms with Crippen molar-refractivity contribution in [3.05, 3.63) is 41.7 Å². The van der Waals surface area contributed by atoms with Gasteiger partial charge in [-0.2, -0.15) is 0 Å². The number of aromatic nitrogens is 1. The minimum absolute atomic E-state index is 0.0607. The molecule has 3 atom stereocenters. The van der Waals surface area contributed by atoms with Gasteiger partial charge < -0.3 is 14.6 Å². The van der Waals surface area contributed by atoms with E-state index in [1.54, 1.807) is 0 Å². The van der Waals surface area contributed by atoms with Gasteiger partial charge in [-0.1, -0.05) is 0 Å². The van der Waals surface area contributed by atoms with Gasteiger partial charge in [-0.3, -0.25) is 4.79 Å². The molecule has 2 aromatic heterocycles. The molecule has 3 unspecified atom stereocenters. The highest BCUT2D eigenvalue weighted by atomic mass is 16.1. The highest BCUT2D eigenvalue weighted by Gasteiger charge is 2.32. The Bertz CT molecular complexity index is 678. The van der Waals surface area contributed by atoms with Gasteiger partial charge in [-0.05, 0) is 56.0 Å². The average molecular weight is 283 g/mol. The van der Waals surface area contributed by atoms with Gasteiger partial charge >= 0.3 is 0 Å². The largest absolute Gasteiger partial charge is 0.348 e. The van der Waals surface area contributed by atoms with E-state index in [1.165, 1.54) is 25.1 Å². The van der Waals surface area contributed by atoms with Crippen molar-refractivity contribution in [1.29, 1.82) is 0 Å². The second kappa shape index (κ2) is 4.88. The Morgan fingerprint density at radius 2 is 2.14 bits per heavy atom. The zero-order chi connectivity index (χ0) is 14.4. The summed E-state index contributed by atoms with van der Waals surface area (Å²) in [6, 6.07) is 6.27. The van der Waals surface area contributed by atoms with E-state index in [0.29, 0.717) is 6.04 Å². The number of aryl methyl sites for hydroxylation is 1. The maximum absolute atomic E-state index is 12.5. The Kier molecular flexibility index (Phi) is 3.00. The van der Waals surface area contributed by atoms with Crippen molar-refractivity contribution in [2.45, 2.75) is 25.8 Å². The predicted molar refractivity (Wildman–Crippen MR) is 82.6 cm³/mol. The van der Waals surface area contributed by atoms with E-state index in [1.807, 2.05) is 24.5 Å². The fourth-order valence-corrected chi connectivity index (χ4v) is 3.81. The van der Waals surface area contributed by atoms with E-state index >= 15 is 0 Å². The molecule has 4 rings (SSSR count). The van der Waals surface area contributed by atoms with E-state index in [4.69, 9.17) is 0 Å². The molecule has 21 heavy (non-hydrogen) atoms. The molecule has 4 heteroatoms. The quantitative estimate of drug-likeness (QED) is 0.916. The zero-order valence-electron chi connectivity index (χ0n) is 12.4. The summed E-state index contributed by atoms with van der Waals surface area (Å²) in [5.74, 6) is 0.838. The number of pyridine rings is 1. The molecule has 2 bridgehead atoms. The van der Waals surface area contributed by atoms with Crippen LogP contribution in [0.25, 0.3) is 5.52 Å². The van der Waals surface area contributed by atoms with Gasteiger partial charge in [0.25, 0.3) is 5.91 Å². The topological polar surface area (TPSA) is 36.8 Å². The standard InChI is InChI=1S/C17H21N3O/c1-12-2-6-20-7-4-14(9-16(12)20)17(21)18-15-8-13-3-5-19(10-13)11-15/h2,4,6-7,9,13,15H,3,5,8,10-11H2,1H3,(H,18,21). The summed E-state index contributed by atoms with van der Waals surface area (Å²) in [4.78, 5) is 15.0. The maximum Gasteiger partial charge on any atom is 0.251 e. The zero-order valence-corrected chi connectivity index (χ0v) is 12.4. The van der Waals surface area contributed by atoms with E-state index in [2.05, 4.69) is 27.6 Å². The van der Waals surface area contributed by atoms with Crippen LogP contribution in [0.15, 0.2) is 30.6 Å². The molecule has 0 spiro atoms. The van der Waals surface area contributed by atoms with Gasteiger partial charge in [0.1, 0.15) is 0 Å². The van der Waals surface area contributed by atoms with E-state index in [0.717, 1.165) is 30.0 Å². The van der Waals surface area contributed by atoms with Gasteiger partial charge in [0.15, 0.2) is 0 Å². The number of carbonyl (C=O) groups excluding carboxylic acids is 1. The number of carbonyl (C=O) groups is 1. The molecular formula is C17H21N3O. The molecule has 0 saturated carbocycles. The van der Waals surface area contributed by atoms with E-state index < -0.39 is 0 Å². The van der Waals surface area contributed by atoms with Crippen molar-refractivity contribution in [1.82, 2.24) is 14.6 Å². The molecule has 1 amide bonds. The van der Waals surface area contributed by atoms with Crippen molar-refractivity contribution in [2.75, 3.05) is 19.6 Å². The summed E-state index contributed by atoms with van der Waals surface area (Å²) in [7, 11) is 0. The molecule has 0 radical (unpaired) electrons. The number of fused-ring (bicyclic) bond motifs is 3. The molecular weight excluding hydrogens is 262 g/mol. The van der Waals surface area contributed by atoms with Gasteiger partial charge in [-0.15, -0.1) is 0 Å². The van der Waals surface area contributed by atoms with Crippen molar-refractivity contribution in [3.63, 3.8) is 0 Å². The highest BCUT2D eigenvalue weighted by molar-refractivity contribution is 5.95. The summed E-state index contributed by atoms with van der Waals surface area (Å²) in [6.07, 6.45) is 6.42. The first-order valence-electron chi connectivity index (χ1n) is 7.79. The van der Waals surface area contributed by atoms with Crippen molar-refractivity contribution >= 4 is 11.4 Å². The number of rotatable bonds is 2. The Labute approximate surface area is 124 Å². The number of hydrogen-bond acceptors (Lipinski definition) is 2. The second-order valence-electron chi connectivity index (χ2n) is 6.53. The first-order valence-corrected chi connectivity index (χ1v) is 7.79. The Hall–Kier alpha value is -1.81. The molecule has 2 saturated heterocycles. The number of hydrogen-bond donors (Lipinski definition) is 1. The summed E-state index contributed by atoms with van der Waals surface area (Å²) >= 11 is 0. The number of nitrogens with zero attached hydrogens (tertiary/aromatic N) is 2. The molecule has 110 valence electrons. The fraction of sp³-hybridized carbons (Fsp3) is 0.471. The van der Waals surface area contributed by atoms with Crippen LogP contribution < -0.4 is 5.32 Å². The summed E-state index contributed by atoms with van der Waals surface area (Å²) in [6.45, 7) is 5.51. The van der Waals surface area contributed by atoms with E-state index in [-0.39, 0.29) is 5.91 Å². The average Bonchev–Trinajstić information content (AvgIpc) is 3.02. The summed E-state index contributed by atoms with van der Waals surface area (Å²) < 4.78 is 2.05. The van der Waals surface area contributed by atoms with Crippen LogP contribution in [0.2, 0.25) is 0 Å². The van der Waals surface area contributed by atoms with E-state index in [9.17, 15) is 4.79 Å².